The molecule has 0 atom stereocenters. The minimum absolute atomic E-state index is 0.398. The predicted octanol–water partition coefficient (Wildman–Crippen LogP) is 2.75. The molecular weight excluding hydrogens is 164 g/mol. The van der Waals surface area contributed by atoms with Crippen molar-refractivity contribution in [2.45, 2.75) is 47.0 Å². The largest absolute Gasteiger partial charge is 0.426 e. The lowest BCUT2D eigenvalue weighted by Gasteiger charge is -2.16. The fraction of sp³-hybridized carbons (Fsp3) is 0.800. The van der Waals surface area contributed by atoms with Crippen LogP contribution in [-0.4, -0.2) is 10.2 Å². The van der Waals surface area contributed by atoms with Crippen molar-refractivity contribution in [1.29, 1.82) is 0 Å². The van der Waals surface area contributed by atoms with Gasteiger partial charge in [0.1, 0.15) is 0 Å². The number of aryl methyl sites for hydroxylation is 2. The van der Waals surface area contributed by atoms with E-state index in [1.165, 1.54) is 6.42 Å². The molecule has 0 bridgehead atoms. The number of aromatic nitrogens is 2. The quantitative estimate of drug-likeness (QED) is 0.721. The molecule has 0 unspecified atom stereocenters. The number of hydrogen-bond acceptors (Lipinski definition) is 3. The van der Waals surface area contributed by atoms with Gasteiger partial charge in [0.25, 0.3) is 0 Å². The second kappa shape index (κ2) is 3.90. The molecule has 0 aromatic carbocycles. The van der Waals surface area contributed by atoms with E-state index in [0.29, 0.717) is 11.3 Å². The van der Waals surface area contributed by atoms with Gasteiger partial charge in [-0.1, -0.05) is 20.8 Å². The van der Waals surface area contributed by atoms with Crippen molar-refractivity contribution >= 4 is 0 Å². The third-order valence-electron chi connectivity index (χ3n) is 1.89. The Hall–Kier alpha value is -0.860. The van der Waals surface area contributed by atoms with E-state index >= 15 is 0 Å². The van der Waals surface area contributed by atoms with Gasteiger partial charge in [0.2, 0.25) is 11.8 Å². The van der Waals surface area contributed by atoms with Crippen LogP contribution >= 0.6 is 0 Å². The molecule has 0 saturated carbocycles. The van der Waals surface area contributed by atoms with E-state index in [0.717, 1.165) is 18.7 Å². The van der Waals surface area contributed by atoms with Crippen molar-refractivity contribution in [3.8, 4) is 0 Å². The molecule has 0 spiro atoms. The summed E-state index contributed by atoms with van der Waals surface area (Å²) in [6.45, 7) is 8.55. The summed E-state index contributed by atoms with van der Waals surface area (Å²) >= 11 is 0. The molecule has 0 N–H and O–H groups in total. The molecule has 1 aromatic heterocycles. The van der Waals surface area contributed by atoms with Crippen LogP contribution in [0.3, 0.4) is 0 Å². The van der Waals surface area contributed by atoms with Gasteiger partial charge in [0.05, 0.1) is 0 Å². The fourth-order valence-electron chi connectivity index (χ4n) is 1.21. The van der Waals surface area contributed by atoms with Crippen LogP contribution in [0.2, 0.25) is 0 Å². The van der Waals surface area contributed by atoms with E-state index in [4.69, 9.17) is 4.42 Å². The van der Waals surface area contributed by atoms with Gasteiger partial charge in [-0.3, -0.25) is 0 Å². The van der Waals surface area contributed by atoms with Gasteiger partial charge in [-0.15, -0.1) is 10.2 Å². The molecule has 13 heavy (non-hydrogen) atoms. The molecule has 1 aromatic rings. The fourth-order valence-corrected chi connectivity index (χ4v) is 1.21. The van der Waals surface area contributed by atoms with Gasteiger partial charge >= 0.3 is 0 Å². The highest BCUT2D eigenvalue weighted by Crippen LogP contribution is 2.21. The second-order valence-corrected chi connectivity index (χ2v) is 4.63. The standard InChI is InChI=1S/C10H18N2O/c1-8-11-12-9(13-8)6-5-7-10(2,3)4/h5-7H2,1-4H3. The van der Waals surface area contributed by atoms with Crippen molar-refractivity contribution in [3.05, 3.63) is 11.8 Å². The van der Waals surface area contributed by atoms with Crippen LogP contribution in [0.15, 0.2) is 4.42 Å². The lowest BCUT2D eigenvalue weighted by molar-refractivity contribution is 0.354. The summed E-state index contributed by atoms with van der Waals surface area (Å²) < 4.78 is 5.28. The highest BCUT2D eigenvalue weighted by atomic mass is 16.4. The average Bonchev–Trinajstić information content (AvgIpc) is 2.33. The summed E-state index contributed by atoms with van der Waals surface area (Å²) in [5, 5.41) is 7.73. The highest BCUT2D eigenvalue weighted by molar-refractivity contribution is 4.79. The Morgan fingerprint density at radius 3 is 2.38 bits per heavy atom. The summed E-state index contributed by atoms with van der Waals surface area (Å²) in [5.74, 6) is 1.42. The zero-order valence-corrected chi connectivity index (χ0v) is 8.92. The Bertz CT molecular complexity index is 260. The van der Waals surface area contributed by atoms with E-state index in [1.807, 2.05) is 6.92 Å². The maximum absolute atomic E-state index is 5.28. The van der Waals surface area contributed by atoms with Crippen LogP contribution in [0.25, 0.3) is 0 Å². The molecule has 0 radical (unpaired) electrons. The van der Waals surface area contributed by atoms with Crippen molar-refractivity contribution in [2.75, 3.05) is 0 Å². The van der Waals surface area contributed by atoms with Crippen LogP contribution < -0.4 is 0 Å². The normalized spacial score (nSPS) is 12.0. The first-order valence-corrected chi connectivity index (χ1v) is 4.76. The molecule has 0 aliphatic rings. The van der Waals surface area contributed by atoms with Crippen LogP contribution in [0.1, 0.15) is 45.4 Å². The van der Waals surface area contributed by atoms with Gasteiger partial charge in [-0.2, -0.15) is 0 Å². The molecule has 3 heteroatoms. The third kappa shape index (κ3) is 4.06. The molecular formula is C10H18N2O. The van der Waals surface area contributed by atoms with E-state index in [2.05, 4.69) is 31.0 Å². The Morgan fingerprint density at radius 1 is 1.23 bits per heavy atom. The summed E-state index contributed by atoms with van der Waals surface area (Å²) in [6, 6.07) is 0. The van der Waals surface area contributed by atoms with Crippen LogP contribution in [-0.2, 0) is 6.42 Å². The average molecular weight is 182 g/mol. The first kappa shape index (κ1) is 10.2. The molecule has 0 aliphatic heterocycles. The van der Waals surface area contributed by atoms with Gasteiger partial charge in [-0.25, -0.2) is 0 Å². The second-order valence-electron chi connectivity index (χ2n) is 4.63. The molecule has 74 valence electrons. The SMILES string of the molecule is Cc1nnc(CCCC(C)(C)C)o1. The first-order chi connectivity index (χ1) is 5.97. The summed E-state index contributed by atoms with van der Waals surface area (Å²) in [7, 11) is 0. The summed E-state index contributed by atoms with van der Waals surface area (Å²) in [4.78, 5) is 0. The molecule has 0 saturated heterocycles. The van der Waals surface area contributed by atoms with Crippen LogP contribution in [0.4, 0.5) is 0 Å². The van der Waals surface area contributed by atoms with Crippen molar-refractivity contribution < 1.29 is 4.42 Å². The summed E-state index contributed by atoms with van der Waals surface area (Å²) in [5.41, 5.74) is 0.398. The van der Waals surface area contributed by atoms with Crippen molar-refractivity contribution in [2.24, 2.45) is 5.41 Å². The Kier molecular flexibility index (Phi) is 3.07. The van der Waals surface area contributed by atoms with Crippen molar-refractivity contribution in [3.63, 3.8) is 0 Å². The topological polar surface area (TPSA) is 38.9 Å². The smallest absolute Gasteiger partial charge is 0.216 e. The molecule has 1 heterocycles. The lowest BCUT2D eigenvalue weighted by atomic mass is 9.90. The van der Waals surface area contributed by atoms with Gasteiger partial charge < -0.3 is 4.42 Å². The Labute approximate surface area is 79.6 Å². The lowest BCUT2D eigenvalue weighted by Crippen LogP contribution is -2.05. The minimum Gasteiger partial charge on any atom is -0.426 e. The Balaban J connectivity index is 2.28. The van der Waals surface area contributed by atoms with Crippen LogP contribution in [0.5, 0.6) is 0 Å². The number of nitrogens with zero attached hydrogens (tertiary/aromatic N) is 2. The maximum atomic E-state index is 5.28. The monoisotopic (exact) mass is 182 g/mol. The Morgan fingerprint density at radius 2 is 1.92 bits per heavy atom. The van der Waals surface area contributed by atoms with E-state index in [-0.39, 0.29) is 0 Å². The zero-order chi connectivity index (χ0) is 9.90. The maximum Gasteiger partial charge on any atom is 0.216 e. The molecule has 0 fully saturated rings. The zero-order valence-electron chi connectivity index (χ0n) is 8.92. The van der Waals surface area contributed by atoms with E-state index in [9.17, 15) is 0 Å². The van der Waals surface area contributed by atoms with Crippen LogP contribution in [0, 0.1) is 12.3 Å². The van der Waals surface area contributed by atoms with E-state index in [1.54, 1.807) is 0 Å². The van der Waals surface area contributed by atoms with Gasteiger partial charge in [-0.05, 0) is 18.3 Å². The first-order valence-electron chi connectivity index (χ1n) is 4.76. The van der Waals surface area contributed by atoms with E-state index < -0.39 is 0 Å². The number of hydrogen-bond donors (Lipinski definition) is 0. The highest BCUT2D eigenvalue weighted by Gasteiger charge is 2.10. The predicted molar refractivity (Wildman–Crippen MR) is 51.4 cm³/mol. The van der Waals surface area contributed by atoms with Crippen molar-refractivity contribution in [1.82, 2.24) is 10.2 Å². The molecule has 0 aliphatic carbocycles. The summed E-state index contributed by atoms with van der Waals surface area (Å²) in [6.07, 6.45) is 3.21. The number of rotatable bonds is 3. The third-order valence-corrected chi connectivity index (χ3v) is 1.89. The molecule has 0 amide bonds. The minimum atomic E-state index is 0.398. The van der Waals surface area contributed by atoms with Gasteiger partial charge in [0.15, 0.2) is 0 Å². The molecule has 3 nitrogen and oxygen atoms in total. The van der Waals surface area contributed by atoms with Gasteiger partial charge in [0, 0.05) is 13.3 Å². The molecule has 1 rings (SSSR count).